The summed E-state index contributed by atoms with van der Waals surface area (Å²) in [6, 6.07) is 0. The summed E-state index contributed by atoms with van der Waals surface area (Å²) in [7, 11) is 0. The second kappa shape index (κ2) is 9.55. The summed E-state index contributed by atoms with van der Waals surface area (Å²) >= 11 is 0. The van der Waals surface area contributed by atoms with E-state index in [0.717, 1.165) is 0 Å². The van der Waals surface area contributed by atoms with Crippen molar-refractivity contribution in [1.29, 1.82) is 0 Å². The SMILES string of the molecule is CC.CC(C)C1=C(C(C)C)C(C(C)C)C(C(C)C)=C(C(C)C)O1. The molecule has 0 saturated carbocycles. The van der Waals surface area contributed by atoms with E-state index in [2.05, 4.69) is 69.2 Å². The number of hydrogen-bond acceptors (Lipinski definition) is 1. The van der Waals surface area contributed by atoms with E-state index < -0.39 is 0 Å². The van der Waals surface area contributed by atoms with Crippen LogP contribution in [0.1, 0.15) is 83.1 Å². The Morgan fingerprint density at radius 1 is 0.565 bits per heavy atom. The highest BCUT2D eigenvalue weighted by atomic mass is 16.5. The number of ether oxygens (including phenoxy) is 1. The third-order valence-electron chi connectivity index (χ3n) is 4.42. The van der Waals surface area contributed by atoms with Gasteiger partial charge in [-0.2, -0.15) is 0 Å². The van der Waals surface area contributed by atoms with Crippen LogP contribution in [0.3, 0.4) is 0 Å². The lowest BCUT2D eigenvalue weighted by atomic mass is 9.70. The van der Waals surface area contributed by atoms with Gasteiger partial charge in [-0.25, -0.2) is 0 Å². The fraction of sp³-hybridized carbons (Fsp3) is 0.818. The molecule has 0 aromatic carbocycles. The van der Waals surface area contributed by atoms with E-state index in [4.69, 9.17) is 4.74 Å². The Kier molecular flexibility index (Phi) is 9.25. The number of allylic oxidation sites excluding steroid dienone is 4. The Morgan fingerprint density at radius 3 is 1.04 bits per heavy atom. The summed E-state index contributed by atoms with van der Waals surface area (Å²) in [6.45, 7) is 27.0. The van der Waals surface area contributed by atoms with Crippen molar-refractivity contribution >= 4 is 0 Å². The first kappa shape index (κ1) is 22.3. The summed E-state index contributed by atoms with van der Waals surface area (Å²) in [5, 5.41) is 0. The van der Waals surface area contributed by atoms with Crippen LogP contribution in [0.2, 0.25) is 0 Å². The van der Waals surface area contributed by atoms with Crippen LogP contribution in [0.15, 0.2) is 22.7 Å². The Bertz CT molecular complexity index is 383. The van der Waals surface area contributed by atoms with Gasteiger partial charge in [0.2, 0.25) is 0 Å². The van der Waals surface area contributed by atoms with Crippen LogP contribution in [-0.2, 0) is 4.74 Å². The minimum atomic E-state index is 0.450. The lowest BCUT2D eigenvalue weighted by Gasteiger charge is -2.40. The van der Waals surface area contributed by atoms with E-state index in [0.29, 0.717) is 35.5 Å². The summed E-state index contributed by atoms with van der Waals surface area (Å²) in [4.78, 5) is 0. The average Bonchev–Trinajstić information content (AvgIpc) is 2.46. The molecule has 1 aliphatic rings. The van der Waals surface area contributed by atoms with E-state index in [1.807, 2.05) is 13.8 Å². The van der Waals surface area contributed by atoms with Gasteiger partial charge in [0.15, 0.2) is 0 Å². The van der Waals surface area contributed by atoms with Crippen LogP contribution in [0.4, 0.5) is 0 Å². The first-order valence-corrected chi connectivity index (χ1v) is 9.75. The van der Waals surface area contributed by atoms with Crippen LogP contribution >= 0.6 is 0 Å². The maximum atomic E-state index is 6.50. The molecule has 1 heterocycles. The maximum absolute atomic E-state index is 6.50. The van der Waals surface area contributed by atoms with Crippen molar-refractivity contribution in [3.63, 3.8) is 0 Å². The van der Waals surface area contributed by atoms with Crippen molar-refractivity contribution in [2.24, 2.45) is 35.5 Å². The molecule has 1 aliphatic heterocycles. The first-order chi connectivity index (χ1) is 10.6. The van der Waals surface area contributed by atoms with Crippen molar-refractivity contribution < 1.29 is 4.74 Å². The molecule has 0 spiro atoms. The largest absolute Gasteiger partial charge is 0.466 e. The molecule has 0 aromatic heterocycles. The quantitative estimate of drug-likeness (QED) is 0.510. The third-order valence-corrected chi connectivity index (χ3v) is 4.42. The molecule has 23 heavy (non-hydrogen) atoms. The molecule has 0 fully saturated rings. The van der Waals surface area contributed by atoms with Crippen LogP contribution < -0.4 is 0 Å². The highest BCUT2D eigenvalue weighted by molar-refractivity contribution is 5.35. The van der Waals surface area contributed by atoms with Crippen molar-refractivity contribution in [1.82, 2.24) is 0 Å². The van der Waals surface area contributed by atoms with Gasteiger partial charge in [-0.1, -0.05) is 83.1 Å². The second-order valence-electron chi connectivity index (χ2n) is 8.08. The normalized spacial score (nSPS) is 16.7. The molecule has 1 heteroatoms. The highest BCUT2D eigenvalue weighted by Crippen LogP contribution is 2.47. The Labute approximate surface area is 146 Å². The van der Waals surface area contributed by atoms with Gasteiger partial charge in [0.25, 0.3) is 0 Å². The predicted molar refractivity (Wildman–Crippen MR) is 104 cm³/mol. The molecule has 0 bridgehead atoms. The fourth-order valence-corrected chi connectivity index (χ4v) is 3.62. The zero-order valence-electron chi connectivity index (χ0n) is 17.9. The number of rotatable bonds is 5. The van der Waals surface area contributed by atoms with Gasteiger partial charge >= 0.3 is 0 Å². The van der Waals surface area contributed by atoms with Crippen LogP contribution in [-0.4, -0.2) is 0 Å². The van der Waals surface area contributed by atoms with Gasteiger partial charge in [0.1, 0.15) is 11.5 Å². The third kappa shape index (κ3) is 5.13. The van der Waals surface area contributed by atoms with Crippen LogP contribution in [0.5, 0.6) is 0 Å². The zero-order valence-corrected chi connectivity index (χ0v) is 17.9. The van der Waals surface area contributed by atoms with Crippen molar-refractivity contribution in [2.75, 3.05) is 0 Å². The van der Waals surface area contributed by atoms with Gasteiger partial charge in [0, 0.05) is 17.8 Å². The van der Waals surface area contributed by atoms with Gasteiger partial charge in [0.05, 0.1) is 0 Å². The van der Waals surface area contributed by atoms with Crippen LogP contribution in [0, 0.1) is 35.5 Å². The van der Waals surface area contributed by atoms with Crippen molar-refractivity contribution in [2.45, 2.75) is 83.1 Å². The molecule has 1 nitrogen and oxygen atoms in total. The zero-order chi connectivity index (χ0) is 18.5. The lowest BCUT2D eigenvalue weighted by Crippen LogP contribution is -2.30. The molecular formula is C22H42O. The minimum Gasteiger partial charge on any atom is -0.466 e. The Morgan fingerprint density at radius 2 is 0.870 bits per heavy atom. The predicted octanol–water partition coefficient (Wildman–Crippen LogP) is 7.45. The Balaban J connectivity index is 0.00000232. The molecule has 0 radical (unpaired) electrons. The minimum absolute atomic E-state index is 0.450. The molecule has 0 N–H and O–H groups in total. The van der Waals surface area contributed by atoms with E-state index in [9.17, 15) is 0 Å². The molecular weight excluding hydrogens is 280 g/mol. The summed E-state index contributed by atoms with van der Waals surface area (Å²) in [5.74, 6) is 5.60. The fourth-order valence-electron chi connectivity index (χ4n) is 3.62. The first-order valence-electron chi connectivity index (χ1n) is 9.75. The molecule has 136 valence electrons. The molecule has 0 aromatic rings. The average molecular weight is 323 g/mol. The lowest BCUT2D eigenvalue weighted by molar-refractivity contribution is 0.186. The summed E-state index contributed by atoms with van der Waals surface area (Å²) < 4.78 is 6.50. The molecule has 0 unspecified atom stereocenters. The second-order valence-corrected chi connectivity index (χ2v) is 8.08. The van der Waals surface area contributed by atoms with Crippen molar-refractivity contribution in [3.05, 3.63) is 22.7 Å². The molecule has 0 amide bonds. The van der Waals surface area contributed by atoms with Gasteiger partial charge in [-0.05, 0) is 28.9 Å². The maximum Gasteiger partial charge on any atom is 0.106 e. The smallest absolute Gasteiger partial charge is 0.106 e. The van der Waals surface area contributed by atoms with Crippen LogP contribution in [0.25, 0.3) is 0 Å². The highest BCUT2D eigenvalue weighted by Gasteiger charge is 2.37. The standard InChI is InChI=1S/C20H36O.C2H6/c1-11(2)16-17(12(3)4)19(14(7)8)21-20(15(9)10)18(16)13(5)6;1-2/h11-16H,1-10H3;1-2H3. The van der Waals surface area contributed by atoms with E-state index in [1.54, 1.807) is 0 Å². The molecule has 0 atom stereocenters. The van der Waals surface area contributed by atoms with Gasteiger partial charge in [-0.15, -0.1) is 0 Å². The molecule has 0 aliphatic carbocycles. The Hall–Kier alpha value is -0.720. The number of hydrogen-bond donors (Lipinski definition) is 0. The molecule has 0 saturated heterocycles. The van der Waals surface area contributed by atoms with Gasteiger partial charge in [-0.3, -0.25) is 0 Å². The van der Waals surface area contributed by atoms with E-state index in [1.165, 1.54) is 22.7 Å². The van der Waals surface area contributed by atoms with E-state index in [-0.39, 0.29) is 0 Å². The van der Waals surface area contributed by atoms with Gasteiger partial charge < -0.3 is 4.74 Å². The van der Waals surface area contributed by atoms with Crippen molar-refractivity contribution in [3.8, 4) is 0 Å². The summed E-state index contributed by atoms with van der Waals surface area (Å²) in [5.41, 5.74) is 3.07. The summed E-state index contributed by atoms with van der Waals surface area (Å²) in [6.07, 6.45) is 0. The topological polar surface area (TPSA) is 9.23 Å². The van der Waals surface area contributed by atoms with E-state index >= 15 is 0 Å². The monoisotopic (exact) mass is 322 g/mol. The molecule has 1 rings (SSSR count).